The highest BCUT2D eigenvalue weighted by molar-refractivity contribution is 5.31. The molecule has 0 aromatic heterocycles. The first-order valence-electron chi connectivity index (χ1n) is 8.29. The van der Waals surface area contributed by atoms with E-state index in [1.807, 2.05) is 0 Å². The third-order valence-electron chi connectivity index (χ3n) is 5.17. The summed E-state index contributed by atoms with van der Waals surface area (Å²) in [7, 11) is 0. The lowest BCUT2D eigenvalue weighted by Crippen LogP contribution is -2.37. The molecule has 1 heterocycles. The van der Waals surface area contributed by atoms with E-state index in [9.17, 15) is 5.11 Å². The van der Waals surface area contributed by atoms with Crippen LogP contribution in [0.3, 0.4) is 0 Å². The number of aliphatic hydroxyl groups excluding tert-OH is 1. The Morgan fingerprint density at radius 2 is 2.10 bits per heavy atom. The van der Waals surface area contributed by atoms with Crippen molar-refractivity contribution >= 4 is 0 Å². The van der Waals surface area contributed by atoms with Gasteiger partial charge in [0, 0.05) is 12.6 Å². The van der Waals surface area contributed by atoms with Gasteiger partial charge >= 0.3 is 0 Å². The maximum atomic E-state index is 10.8. The van der Waals surface area contributed by atoms with Crippen LogP contribution in [0.1, 0.15) is 56.3 Å². The standard InChI is InChI=1S/C18H27NO/c1-2-6-14-11-12-19(13-14)17-10-5-8-15-7-3-4-9-16(15)18(17)20/h3-4,7,9,14,17-18,20H,2,5-6,8,10-13H2,1H3. The van der Waals surface area contributed by atoms with Gasteiger partial charge in [0.05, 0.1) is 6.10 Å². The third kappa shape index (κ3) is 2.77. The van der Waals surface area contributed by atoms with Crippen LogP contribution >= 0.6 is 0 Å². The van der Waals surface area contributed by atoms with E-state index in [0.29, 0.717) is 6.04 Å². The SMILES string of the molecule is CCCC1CCN(C2CCCc3ccccc3C2O)C1. The highest BCUT2D eigenvalue weighted by atomic mass is 16.3. The van der Waals surface area contributed by atoms with Crippen LogP contribution in [0.25, 0.3) is 0 Å². The summed E-state index contributed by atoms with van der Waals surface area (Å²) in [5.74, 6) is 0.852. The van der Waals surface area contributed by atoms with Crippen LogP contribution in [-0.2, 0) is 6.42 Å². The molecule has 20 heavy (non-hydrogen) atoms. The highest BCUT2D eigenvalue weighted by Crippen LogP contribution is 2.34. The summed E-state index contributed by atoms with van der Waals surface area (Å²) >= 11 is 0. The van der Waals surface area contributed by atoms with E-state index < -0.39 is 0 Å². The molecule has 0 saturated carbocycles. The first-order chi connectivity index (χ1) is 9.79. The van der Waals surface area contributed by atoms with Crippen molar-refractivity contribution in [2.45, 2.75) is 57.6 Å². The molecule has 0 radical (unpaired) electrons. The van der Waals surface area contributed by atoms with Gasteiger partial charge < -0.3 is 5.11 Å². The molecule has 3 unspecified atom stereocenters. The van der Waals surface area contributed by atoms with Gasteiger partial charge in [-0.2, -0.15) is 0 Å². The van der Waals surface area contributed by atoms with E-state index in [1.165, 1.54) is 49.9 Å². The molecule has 0 spiro atoms. The molecule has 1 N–H and O–H groups in total. The average molecular weight is 273 g/mol. The second kappa shape index (κ2) is 6.28. The van der Waals surface area contributed by atoms with Crippen molar-refractivity contribution in [1.82, 2.24) is 4.90 Å². The summed E-state index contributed by atoms with van der Waals surface area (Å²) in [6, 6.07) is 8.80. The van der Waals surface area contributed by atoms with Crippen LogP contribution in [-0.4, -0.2) is 29.1 Å². The minimum Gasteiger partial charge on any atom is -0.387 e. The summed E-state index contributed by atoms with van der Waals surface area (Å²) < 4.78 is 0. The van der Waals surface area contributed by atoms with E-state index >= 15 is 0 Å². The Bertz CT molecular complexity index is 445. The monoisotopic (exact) mass is 273 g/mol. The van der Waals surface area contributed by atoms with E-state index in [2.05, 4.69) is 36.1 Å². The first-order valence-corrected chi connectivity index (χ1v) is 8.29. The minimum absolute atomic E-state index is 0.297. The van der Waals surface area contributed by atoms with Gasteiger partial charge in [0.1, 0.15) is 0 Å². The molecule has 110 valence electrons. The van der Waals surface area contributed by atoms with Gasteiger partial charge in [-0.1, -0.05) is 37.6 Å². The molecular formula is C18H27NO. The van der Waals surface area contributed by atoms with Crippen molar-refractivity contribution in [3.8, 4) is 0 Å². The van der Waals surface area contributed by atoms with Gasteiger partial charge in [0.15, 0.2) is 0 Å². The summed E-state index contributed by atoms with van der Waals surface area (Å²) in [5.41, 5.74) is 2.53. The maximum absolute atomic E-state index is 10.8. The van der Waals surface area contributed by atoms with Crippen LogP contribution in [0.4, 0.5) is 0 Å². The number of rotatable bonds is 3. The second-order valence-electron chi connectivity index (χ2n) is 6.54. The zero-order valence-electron chi connectivity index (χ0n) is 12.6. The highest BCUT2D eigenvalue weighted by Gasteiger charge is 2.34. The predicted molar refractivity (Wildman–Crippen MR) is 82.7 cm³/mol. The molecule has 3 atom stereocenters. The van der Waals surface area contributed by atoms with Gasteiger partial charge in [-0.25, -0.2) is 0 Å². The molecule has 1 aliphatic carbocycles. The third-order valence-corrected chi connectivity index (χ3v) is 5.17. The van der Waals surface area contributed by atoms with Crippen molar-refractivity contribution in [3.63, 3.8) is 0 Å². The van der Waals surface area contributed by atoms with Gasteiger partial charge in [0.2, 0.25) is 0 Å². The van der Waals surface area contributed by atoms with Crippen molar-refractivity contribution in [1.29, 1.82) is 0 Å². The van der Waals surface area contributed by atoms with Crippen molar-refractivity contribution in [2.24, 2.45) is 5.92 Å². The van der Waals surface area contributed by atoms with Crippen molar-refractivity contribution in [2.75, 3.05) is 13.1 Å². The van der Waals surface area contributed by atoms with E-state index in [4.69, 9.17) is 0 Å². The van der Waals surface area contributed by atoms with E-state index in [1.54, 1.807) is 0 Å². The molecule has 1 aromatic rings. The smallest absolute Gasteiger partial charge is 0.0947 e. The fourth-order valence-electron chi connectivity index (χ4n) is 4.11. The molecule has 2 aliphatic rings. The molecule has 1 aromatic carbocycles. The lowest BCUT2D eigenvalue weighted by Gasteiger charge is -2.31. The Hall–Kier alpha value is -0.860. The number of aryl methyl sites for hydroxylation is 1. The fourth-order valence-corrected chi connectivity index (χ4v) is 4.11. The van der Waals surface area contributed by atoms with Crippen LogP contribution in [0.15, 0.2) is 24.3 Å². The quantitative estimate of drug-likeness (QED) is 0.851. The molecule has 0 bridgehead atoms. The summed E-state index contributed by atoms with van der Waals surface area (Å²) in [6.07, 6.45) is 7.11. The molecule has 2 heteroatoms. The van der Waals surface area contributed by atoms with Crippen LogP contribution < -0.4 is 0 Å². The number of hydrogen-bond acceptors (Lipinski definition) is 2. The second-order valence-corrected chi connectivity index (χ2v) is 6.54. The Morgan fingerprint density at radius 3 is 2.95 bits per heavy atom. The van der Waals surface area contributed by atoms with Crippen LogP contribution in [0.2, 0.25) is 0 Å². The average Bonchev–Trinajstić information content (AvgIpc) is 2.85. The lowest BCUT2D eigenvalue weighted by atomic mass is 9.98. The van der Waals surface area contributed by atoms with Crippen molar-refractivity contribution in [3.05, 3.63) is 35.4 Å². The zero-order chi connectivity index (χ0) is 13.9. The number of fused-ring (bicyclic) bond motifs is 1. The van der Waals surface area contributed by atoms with Gasteiger partial charge in [0.25, 0.3) is 0 Å². The summed E-state index contributed by atoms with van der Waals surface area (Å²) in [6.45, 7) is 4.64. The summed E-state index contributed by atoms with van der Waals surface area (Å²) in [5, 5.41) is 10.8. The maximum Gasteiger partial charge on any atom is 0.0947 e. The molecule has 1 aliphatic heterocycles. The predicted octanol–water partition coefficient (Wildman–Crippen LogP) is 3.55. The molecule has 1 fully saturated rings. The van der Waals surface area contributed by atoms with Gasteiger partial charge in [-0.05, 0) is 55.7 Å². The molecule has 1 saturated heterocycles. The van der Waals surface area contributed by atoms with Crippen LogP contribution in [0.5, 0.6) is 0 Å². The topological polar surface area (TPSA) is 23.5 Å². The lowest BCUT2D eigenvalue weighted by molar-refractivity contribution is 0.0558. The normalized spacial score (nSPS) is 31.0. The Labute approximate surface area is 122 Å². The van der Waals surface area contributed by atoms with Crippen LogP contribution in [0, 0.1) is 5.92 Å². The first kappa shape index (κ1) is 14.1. The minimum atomic E-state index is -0.297. The van der Waals surface area contributed by atoms with E-state index in [-0.39, 0.29) is 6.10 Å². The van der Waals surface area contributed by atoms with E-state index in [0.717, 1.165) is 18.8 Å². The molecular weight excluding hydrogens is 246 g/mol. The zero-order valence-corrected chi connectivity index (χ0v) is 12.6. The van der Waals surface area contributed by atoms with Crippen molar-refractivity contribution < 1.29 is 5.11 Å². The Morgan fingerprint density at radius 1 is 1.25 bits per heavy atom. The number of nitrogens with zero attached hydrogens (tertiary/aromatic N) is 1. The van der Waals surface area contributed by atoms with Gasteiger partial charge in [-0.15, -0.1) is 0 Å². The molecule has 3 rings (SSSR count). The summed E-state index contributed by atoms with van der Waals surface area (Å²) in [4.78, 5) is 2.56. The van der Waals surface area contributed by atoms with Gasteiger partial charge in [-0.3, -0.25) is 4.90 Å². The molecule has 0 amide bonds. The number of aliphatic hydroxyl groups is 1. The Kier molecular flexibility index (Phi) is 4.42. The fraction of sp³-hybridized carbons (Fsp3) is 0.667. The number of benzene rings is 1. The molecule has 2 nitrogen and oxygen atoms in total. The number of likely N-dealkylation sites (tertiary alicyclic amines) is 1. The Balaban J connectivity index is 1.75. The largest absolute Gasteiger partial charge is 0.387 e. The number of hydrogen-bond donors (Lipinski definition) is 1.